The molecule has 0 radical (unpaired) electrons. The number of rotatable bonds is 3. The monoisotopic (exact) mass is 314 g/mol. The molecule has 0 bridgehead atoms. The molecule has 0 fully saturated rings. The summed E-state index contributed by atoms with van der Waals surface area (Å²) in [4.78, 5) is 24.6. The first-order valence-corrected chi connectivity index (χ1v) is 7.25. The number of anilines is 1. The maximum absolute atomic E-state index is 12.9. The smallest absolute Gasteiger partial charge is 0.255 e. The third-order valence-electron chi connectivity index (χ3n) is 3.01. The van der Waals surface area contributed by atoms with Crippen molar-refractivity contribution in [3.05, 3.63) is 65.5 Å². The highest BCUT2D eigenvalue weighted by Gasteiger charge is 2.18. The van der Waals surface area contributed by atoms with Crippen molar-refractivity contribution < 1.29 is 14.0 Å². The fourth-order valence-corrected chi connectivity index (χ4v) is 1.99. The van der Waals surface area contributed by atoms with Crippen LogP contribution in [-0.2, 0) is 0 Å². The van der Waals surface area contributed by atoms with Gasteiger partial charge in [-0.1, -0.05) is 12.1 Å². The third kappa shape index (κ3) is 4.64. The Morgan fingerprint density at radius 3 is 2.13 bits per heavy atom. The Morgan fingerprint density at radius 1 is 0.913 bits per heavy atom. The van der Waals surface area contributed by atoms with Crippen LogP contribution >= 0.6 is 0 Å². The van der Waals surface area contributed by atoms with E-state index in [1.54, 1.807) is 24.3 Å². The lowest BCUT2D eigenvalue weighted by Crippen LogP contribution is -2.40. The molecule has 0 spiro atoms. The highest BCUT2D eigenvalue weighted by atomic mass is 19.1. The summed E-state index contributed by atoms with van der Waals surface area (Å²) >= 11 is 0. The zero-order valence-corrected chi connectivity index (χ0v) is 13.3. The van der Waals surface area contributed by atoms with Crippen LogP contribution in [0.5, 0.6) is 0 Å². The van der Waals surface area contributed by atoms with Gasteiger partial charge in [0.15, 0.2) is 0 Å². The van der Waals surface area contributed by atoms with E-state index in [-0.39, 0.29) is 11.4 Å². The lowest BCUT2D eigenvalue weighted by molar-refractivity contribution is 0.0920. The number of para-hydroxylation sites is 1. The highest BCUT2D eigenvalue weighted by Crippen LogP contribution is 2.17. The normalized spacial score (nSPS) is 11.0. The number of carbonyl (C=O) groups excluding carboxylic acids is 2. The Kier molecular flexibility index (Phi) is 4.79. The third-order valence-corrected chi connectivity index (χ3v) is 3.01. The van der Waals surface area contributed by atoms with E-state index >= 15 is 0 Å². The Labute approximate surface area is 134 Å². The molecule has 2 N–H and O–H groups in total. The molecule has 0 aliphatic carbocycles. The average Bonchev–Trinajstić information content (AvgIpc) is 2.46. The molecule has 23 heavy (non-hydrogen) atoms. The summed E-state index contributed by atoms with van der Waals surface area (Å²) in [6, 6.07) is 12.0. The molecule has 0 saturated carbocycles. The number of halogens is 1. The maximum atomic E-state index is 12.9. The lowest BCUT2D eigenvalue weighted by atomic mass is 10.1. The molecule has 0 unspecified atom stereocenters. The van der Waals surface area contributed by atoms with E-state index in [2.05, 4.69) is 10.6 Å². The second-order valence-electron chi connectivity index (χ2n) is 6.21. The predicted molar refractivity (Wildman–Crippen MR) is 88.0 cm³/mol. The molecule has 0 heterocycles. The van der Waals surface area contributed by atoms with Crippen molar-refractivity contribution in [1.29, 1.82) is 0 Å². The van der Waals surface area contributed by atoms with E-state index in [1.807, 2.05) is 20.8 Å². The molecule has 0 aromatic heterocycles. The molecule has 2 amide bonds. The Hall–Kier alpha value is -2.69. The topological polar surface area (TPSA) is 58.2 Å². The largest absolute Gasteiger partial charge is 0.347 e. The molecule has 4 nitrogen and oxygen atoms in total. The summed E-state index contributed by atoms with van der Waals surface area (Å²) in [6.45, 7) is 5.64. The van der Waals surface area contributed by atoms with Gasteiger partial charge >= 0.3 is 0 Å². The minimum absolute atomic E-state index is 0.271. The van der Waals surface area contributed by atoms with Crippen molar-refractivity contribution in [2.45, 2.75) is 26.3 Å². The van der Waals surface area contributed by atoms with Gasteiger partial charge in [0, 0.05) is 11.1 Å². The Morgan fingerprint density at radius 2 is 1.52 bits per heavy atom. The molecule has 2 rings (SSSR count). The van der Waals surface area contributed by atoms with Crippen LogP contribution in [0.15, 0.2) is 48.5 Å². The van der Waals surface area contributed by atoms with Gasteiger partial charge in [0.2, 0.25) is 0 Å². The van der Waals surface area contributed by atoms with Crippen LogP contribution in [0.1, 0.15) is 41.5 Å². The van der Waals surface area contributed by atoms with Crippen molar-refractivity contribution in [2.75, 3.05) is 5.32 Å². The quantitative estimate of drug-likeness (QED) is 0.909. The number of nitrogens with one attached hydrogen (secondary N) is 2. The molecule has 0 aliphatic rings. The van der Waals surface area contributed by atoms with Crippen LogP contribution < -0.4 is 10.6 Å². The summed E-state index contributed by atoms with van der Waals surface area (Å²) in [6.07, 6.45) is 0. The van der Waals surface area contributed by atoms with Crippen LogP contribution in [0.2, 0.25) is 0 Å². The Balaban J connectivity index is 2.22. The molecule has 0 atom stereocenters. The summed E-state index contributed by atoms with van der Waals surface area (Å²) in [5, 5.41) is 5.55. The maximum Gasteiger partial charge on any atom is 0.255 e. The number of amides is 2. The van der Waals surface area contributed by atoms with Gasteiger partial charge in [0.25, 0.3) is 11.8 Å². The minimum atomic E-state index is -0.411. The second kappa shape index (κ2) is 6.60. The summed E-state index contributed by atoms with van der Waals surface area (Å²) in [5.74, 6) is -1.08. The first-order chi connectivity index (χ1) is 10.8. The first kappa shape index (κ1) is 16.7. The molecule has 2 aromatic carbocycles. The van der Waals surface area contributed by atoms with Crippen molar-refractivity contribution in [3.8, 4) is 0 Å². The van der Waals surface area contributed by atoms with Gasteiger partial charge in [0.05, 0.1) is 11.3 Å². The van der Waals surface area contributed by atoms with Crippen molar-refractivity contribution in [1.82, 2.24) is 5.32 Å². The number of benzene rings is 2. The van der Waals surface area contributed by atoms with Crippen molar-refractivity contribution in [3.63, 3.8) is 0 Å². The molecular formula is C18H19FN2O2. The van der Waals surface area contributed by atoms with Gasteiger partial charge in [-0.25, -0.2) is 4.39 Å². The van der Waals surface area contributed by atoms with Crippen LogP contribution in [0.3, 0.4) is 0 Å². The van der Waals surface area contributed by atoms with Crippen LogP contribution in [0.4, 0.5) is 10.1 Å². The zero-order valence-electron chi connectivity index (χ0n) is 13.3. The van der Waals surface area contributed by atoms with Gasteiger partial charge in [-0.15, -0.1) is 0 Å². The molecule has 2 aromatic rings. The van der Waals surface area contributed by atoms with Gasteiger partial charge in [-0.2, -0.15) is 0 Å². The molecule has 5 heteroatoms. The lowest BCUT2D eigenvalue weighted by Gasteiger charge is -2.21. The van der Waals surface area contributed by atoms with E-state index < -0.39 is 11.7 Å². The van der Waals surface area contributed by atoms with Gasteiger partial charge in [0.1, 0.15) is 5.82 Å². The fraction of sp³-hybridized carbons (Fsp3) is 0.222. The molecule has 0 saturated heterocycles. The van der Waals surface area contributed by atoms with E-state index in [1.165, 1.54) is 24.3 Å². The van der Waals surface area contributed by atoms with E-state index in [4.69, 9.17) is 0 Å². The molecular weight excluding hydrogens is 295 g/mol. The zero-order chi connectivity index (χ0) is 17.0. The van der Waals surface area contributed by atoms with Crippen molar-refractivity contribution >= 4 is 17.5 Å². The van der Waals surface area contributed by atoms with Gasteiger partial charge in [-0.3, -0.25) is 9.59 Å². The van der Waals surface area contributed by atoms with Crippen LogP contribution in [-0.4, -0.2) is 17.4 Å². The van der Waals surface area contributed by atoms with Crippen molar-refractivity contribution in [2.24, 2.45) is 0 Å². The predicted octanol–water partition coefficient (Wildman–Crippen LogP) is 3.61. The highest BCUT2D eigenvalue weighted by molar-refractivity contribution is 6.09. The first-order valence-electron chi connectivity index (χ1n) is 7.25. The van der Waals surface area contributed by atoms with E-state index in [9.17, 15) is 14.0 Å². The average molecular weight is 314 g/mol. The van der Waals surface area contributed by atoms with Crippen LogP contribution in [0, 0.1) is 5.82 Å². The van der Waals surface area contributed by atoms with E-state index in [0.717, 1.165) is 0 Å². The van der Waals surface area contributed by atoms with Gasteiger partial charge in [-0.05, 0) is 57.2 Å². The fourth-order valence-electron chi connectivity index (χ4n) is 1.99. The second-order valence-corrected chi connectivity index (χ2v) is 6.21. The van der Waals surface area contributed by atoms with E-state index in [0.29, 0.717) is 16.8 Å². The standard InChI is InChI=1S/C18H19FN2O2/c1-18(2,3)21-17(23)14-6-4-5-7-15(14)20-16(22)12-8-10-13(19)11-9-12/h4-11H,1-3H3,(H,20,22)(H,21,23). The molecule has 0 aliphatic heterocycles. The summed E-state index contributed by atoms with van der Waals surface area (Å²) < 4.78 is 12.9. The Bertz CT molecular complexity index is 719. The summed E-state index contributed by atoms with van der Waals surface area (Å²) in [5.41, 5.74) is 0.712. The van der Waals surface area contributed by atoms with Crippen LogP contribution in [0.25, 0.3) is 0 Å². The summed E-state index contributed by atoms with van der Waals surface area (Å²) in [7, 11) is 0. The number of carbonyl (C=O) groups is 2. The molecule has 120 valence electrons. The number of hydrogen-bond acceptors (Lipinski definition) is 2. The number of hydrogen-bond donors (Lipinski definition) is 2. The van der Waals surface area contributed by atoms with Gasteiger partial charge < -0.3 is 10.6 Å². The SMILES string of the molecule is CC(C)(C)NC(=O)c1ccccc1NC(=O)c1ccc(F)cc1. The minimum Gasteiger partial charge on any atom is -0.347 e.